The van der Waals surface area contributed by atoms with Crippen molar-refractivity contribution in [3.8, 4) is 0 Å². The van der Waals surface area contributed by atoms with Crippen molar-refractivity contribution in [2.24, 2.45) is 0 Å². The maximum Gasteiger partial charge on any atom is 0.251 e. The highest BCUT2D eigenvalue weighted by Crippen LogP contribution is 2.17. The van der Waals surface area contributed by atoms with Gasteiger partial charge in [0.25, 0.3) is 5.91 Å². The van der Waals surface area contributed by atoms with Crippen molar-refractivity contribution in [1.29, 1.82) is 0 Å². The molecule has 1 aromatic rings. The third-order valence-electron chi connectivity index (χ3n) is 4.90. The van der Waals surface area contributed by atoms with Crippen molar-refractivity contribution in [2.45, 2.75) is 25.4 Å². The van der Waals surface area contributed by atoms with Crippen LogP contribution in [0.15, 0.2) is 30.3 Å². The average Bonchev–Trinajstić information content (AvgIpc) is 3.12. The molecule has 0 aliphatic carbocycles. The smallest absolute Gasteiger partial charge is 0.251 e. The fraction of sp³-hybridized carbons (Fsp3) is 0.556. The Morgan fingerprint density at radius 3 is 2.58 bits per heavy atom. The van der Waals surface area contributed by atoms with Crippen molar-refractivity contribution in [3.05, 3.63) is 35.9 Å². The third kappa shape index (κ3) is 3.94. The lowest BCUT2D eigenvalue weighted by atomic mass is 10.2. The molecule has 2 heterocycles. The second kappa shape index (κ2) is 7.77. The highest BCUT2D eigenvalue weighted by molar-refractivity contribution is 5.97. The van der Waals surface area contributed by atoms with E-state index < -0.39 is 6.04 Å². The number of carbonyl (C=O) groups is 2. The monoisotopic (exact) mass is 330 g/mol. The third-order valence-corrected chi connectivity index (χ3v) is 4.90. The molecule has 0 radical (unpaired) electrons. The van der Waals surface area contributed by atoms with Crippen molar-refractivity contribution in [3.63, 3.8) is 0 Å². The highest BCUT2D eigenvalue weighted by Gasteiger charge is 2.33. The molecular formula is C18H26N4O2. The van der Waals surface area contributed by atoms with Crippen molar-refractivity contribution < 1.29 is 9.59 Å². The molecule has 2 N–H and O–H groups in total. The second-order valence-corrected chi connectivity index (χ2v) is 6.57. The molecule has 0 saturated carbocycles. The lowest BCUT2D eigenvalue weighted by molar-refractivity contribution is -0.131. The molecule has 24 heavy (non-hydrogen) atoms. The molecule has 2 aliphatic rings. The molecular weight excluding hydrogens is 304 g/mol. The topological polar surface area (TPSA) is 64.7 Å². The first-order valence-electron chi connectivity index (χ1n) is 8.74. The van der Waals surface area contributed by atoms with E-state index in [-0.39, 0.29) is 11.8 Å². The van der Waals surface area contributed by atoms with Crippen LogP contribution in [0.3, 0.4) is 0 Å². The predicted molar refractivity (Wildman–Crippen MR) is 92.8 cm³/mol. The van der Waals surface area contributed by atoms with Crippen molar-refractivity contribution >= 4 is 11.8 Å². The minimum Gasteiger partial charge on any atom is -0.341 e. The Morgan fingerprint density at radius 2 is 1.88 bits per heavy atom. The zero-order valence-electron chi connectivity index (χ0n) is 14.2. The van der Waals surface area contributed by atoms with Crippen LogP contribution in [0.2, 0.25) is 0 Å². The Hall–Kier alpha value is -1.92. The van der Waals surface area contributed by atoms with Gasteiger partial charge in [0.15, 0.2) is 0 Å². The molecule has 2 saturated heterocycles. The fourth-order valence-electron chi connectivity index (χ4n) is 3.49. The van der Waals surface area contributed by atoms with Gasteiger partial charge in [-0.2, -0.15) is 0 Å². The van der Waals surface area contributed by atoms with E-state index in [0.717, 1.165) is 45.7 Å². The molecule has 1 aromatic carbocycles. The van der Waals surface area contributed by atoms with Gasteiger partial charge in [-0.05, 0) is 25.5 Å². The van der Waals surface area contributed by atoms with Gasteiger partial charge in [-0.15, -0.1) is 0 Å². The lowest BCUT2D eigenvalue weighted by Gasteiger charge is -2.32. The molecule has 2 aliphatic heterocycles. The van der Waals surface area contributed by atoms with E-state index in [9.17, 15) is 9.59 Å². The first-order valence-corrected chi connectivity index (χ1v) is 8.74. The number of likely N-dealkylation sites (tertiary alicyclic amines) is 1. The number of amides is 2. The summed E-state index contributed by atoms with van der Waals surface area (Å²) >= 11 is 0. The van der Waals surface area contributed by atoms with E-state index in [2.05, 4.69) is 15.5 Å². The minimum atomic E-state index is -0.500. The van der Waals surface area contributed by atoms with E-state index in [0.29, 0.717) is 11.6 Å². The Labute approximate surface area is 143 Å². The van der Waals surface area contributed by atoms with Gasteiger partial charge in [0, 0.05) is 50.9 Å². The number of nitrogens with zero attached hydrogens (tertiary/aromatic N) is 2. The minimum absolute atomic E-state index is 0.0110. The number of hydrogen-bond acceptors (Lipinski definition) is 4. The average molecular weight is 330 g/mol. The van der Waals surface area contributed by atoms with Crippen LogP contribution in [0.4, 0.5) is 0 Å². The zero-order chi connectivity index (χ0) is 16.9. The standard InChI is InChI=1S/C18H26N4O2/c1-14(20-17(23)15-5-3-2-4-6-15)18(24)22-10-7-16(13-22)21-11-8-19-9-12-21/h2-6,14,16,19H,7-13H2,1H3,(H,20,23). The fourth-order valence-corrected chi connectivity index (χ4v) is 3.49. The van der Waals surface area contributed by atoms with Crippen LogP contribution in [-0.2, 0) is 4.79 Å². The predicted octanol–water partition coefficient (Wildman–Crippen LogP) is 0.311. The molecule has 2 fully saturated rings. The van der Waals surface area contributed by atoms with E-state index in [1.807, 2.05) is 23.1 Å². The number of nitrogens with one attached hydrogen (secondary N) is 2. The summed E-state index contributed by atoms with van der Waals surface area (Å²) in [4.78, 5) is 29.2. The molecule has 130 valence electrons. The quantitative estimate of drug-likeness (QED) is 0.834. The van der Waals surface area contributed by atoms with Crippen LogP contribution in [-0.4, -0.2) is 73.0 Å². The van der Waals surface area contributed by atoms with E-state index in [1.165, 1.54) is 0 Å². The summed E-state index contributed by atoms with van der Waals surface area (Å²) in [7, 11) is 0. The Bertz CT molecular complexity index is 572. The summed E-state index contributed by atoms with van der Waals surface area (Å²) in [6, 6.07) is 8.96. The maximum absolute atomic E-state index is 12.6. The van der Waals surface area contributed by atoms with Gasteiger partial charge >= 0.3 is 0 Å². The SMILES string of the molecule is CC(NC(=O)c1ccccc1)C(=O)N1CCC(N2CCNCC2)C1. The van der Waals surface area contributed by atoms with E-state index in [4.69, 9.17) is 0 Å². The molecule has 3 rings (SSSR count). The number of rotatable bonds is 4. The van der Waals surface area contributed by atoms with Gasteiger partial charge in [-0.1, -0.05) is 18.2 Å². The Morgan fingerprint density at radius 1 is 1.17 bits per heavy atom. The molecule has 0 spiro atoms. The molecule has 2 unspecified atom stereocenters. The number of piperazine rings is 1. The van der Waals surface area contributed by atoms with Crippen LogP contribution in [0.25, 0.3) is 0 Å². The second-order valence-electron chi connectivity index (χ2n) is 6.57. The summed E-state index contributed by atoms with van der Waals surface area (Å²) in [6.07, 6.45) is 1.02. The van der Waals surface area contributed by atoms with Crippen LogP contribution >= 0.6 is 0 Å². The van der Waals surface area contributed by atoms with Gasteiger partial charge in [-0.3, -0.25) is 14.5 Å². The normalized spacial score (nSPS) is 23.0. The van der Waals surface area contributed by atoms with E-state index >= 15 is 0 Å². The lowest BCUT2D eigenvalue weighted by Crippen LogP contribution is -2.50. The number of hydrogen-bond donors (Lipinski definition) is 2. The summed E-state index contributed by atoms with van der Waals surface area (Å²) in [6.45, 7) is 7.45. The Balaban J connectivity index is 1.51. The van der Waals surface area contributed by atoms with Crippen molar-refractivity contribution in [2.75, 3.05) is 39.3 Å². The van der Waals surface area contributed by atoms with Gasteiger partial charge in [0.05, 0.1) is 0 Å². The molecule has 6 heteroatoms. The van der Waals surface area contributed by atoms with Crippen LogP contribution in [0, 0.1) is 0 Å². The largest absolute Gasteiger partial charge is 0.341 e. The van der Waals surface area contributed by atoms with E-state index in [1.54, 1.807) is 19.1 Å². The molecule has 0 aromatic heterocycles. The maximum atomic E-state index is 12.6. The highest BCUT2D eigenvalue weighted by atomic mass is 16.2. The summed E-state index contributed by atoms with van der Waals surface area (Å²) in [5.74, 6) is -0.189. The number of carbonyl (C=O) groups excluding carboxylic acids is 2. The molecule has 2 amide bonds. The van der Waals surface area contributed by atoms with Gasteiger partial charge in [-0.25, -0.2) is 0 Å². The molecule has 0 bridgehead atoms. The van der Waals surface area contributed by atoms with Gasteiger partial charge in [0.2, 0.25) is 5.91 Å². The molecule has 6 nitrogen and oxygen atoms in total. The van der Waals surface area contributed by atoms with Gasteiger partial charge in [0.1, 0.15) is 6.04 Å². The summed E-state index contributed by atoms with van der Waals surface area (Å²) in [5, 5.41) is 6.17. The number of benzene rings is 1. The summed E-state index contributed by atoms with van der Waals surface area (Å²) < 4.78 is 0. The summed E-state index contributed by atoms with van der Waals surface area (Å²) in [5.41, 5.74) is 0.581. The zero-order valence-corrected chi connectivity index (χ0v) is 14.2. The van der Waals surface area contributed by atoms with Crippen LogP contribution in [0.1, 0.15) is 23.7 Å². The van der Waals surface area contributed by atoms with Crippen molar-refractivity contribution in [1.82, 2.24) is 20.4 Å². The van der Waals surface area contributed by atoms with Gasteiger partial charge < -0.3 is 15.5 Å². The first kappa shape index (κ1) is 16.9. The first-order chi connectivity index (χ1) is 11.6. The van der Waals surface area contributed by atoms with Crippen LogP contribution < -0.4 is 10.6 Å². The van der Waals surface area contributed by atoms with Crippen LogP contribution in [0.5, 0.6) is 0 Å². The molecule has 2 atom stereocenters. The Kier molecular flexibility index (Phi) is 5.48.